The minimum atomic E-state index is -0.812. The Labute approximate surface area is 124 Å². The van der Waals surface area contributed by atoms with Crippen LogP contribution in [0.4, 0.5) is 4.39 Å². The summed E-state index contributed by atoms with van der Waals surface area (Å²) in [6, 6.07) is 3.90. The van der Waals surface area contributed by atoms with Crippen molar-refractivity contribution >= 4 is 0 Å². The summed E-state index contributed by atoms with van der Waals surface area (Å²) < 4.78 is 29.0. The Bertz CT molecular complexity index is 428. The molecule has 3 atom stereocenters. The van der Waals surface area contributed by atoms with Crippen LogP contribution in [-0.2, 0) is 9.47 Å². The summed E-state index contributed by atoms with van der Waals surface area (Å²) in [7, 11) is 1.58. The highest BCUT2D eigenvalue weighted by molar-refractivity contribution is 5.36. The van der Waals surface area contributed by atoms with Gasteiger partial charge in [-0.05, 0) is 19.9 Å². The summed E-state index contributed by atoms with van der Waals surface area (Å²) in [6.07, 6.45) is -0.924. The summed E-state index contributed by atoms with van der Waals surface area (Å²) in [4.78, 5) is 0. The third-order valence-corrected chi connectivity index (χ3v) is 2.87. The zero-order chi connectivity index (χ0) is 15.8. The van der Waals surface area contributed by atoms with Crippen molar-refractivity contribution in [2.75, 3.05) is 26.9 Å². The second kappa shape index (κ2) is 8.94. The van der Waals surface area contributed by atoms with E-state index in [1.54, 1.807) is 20.1 Å². The Kier molecular flexibility index (Phi) is 7.60. The van der Waals surface area contributed by atoms with Crippen LogP contribution in [0.5, 0.6) is 5.75 Å². The van der Waals surface area contributed by atoms with Crippen molar-refractivity contribution in [2.24, 2.45) is 5.73 Å². The molecule has 2 unspecified atom stereocenters. The maximum atomic E-state index is 13.3. The lowest BCUT2D eigenvalue weighted by atomic mass is 10.1. The van der Waals surface area contributed by atoms with Crippen molar-refractivity contribution < 1.29 is 23.7 Å². The molecule has 0 radical (unpaired) electrons. The van der Waals surface area contributed by atoms with E-state index in [9.17, 15) is 9.50 Å². The Hall–Kier alpha value is -1.21. The quantitative estimate of drug-likeness (QED) is 0.725. The van der Waals surface area contributed by atoms with Crippen LogP contribution in [0.25, 0.3) is 0 Å². The van der Waals surface area contributed by atoms with Gasteiger partial charge in [-0.3, -0.25) is 0 Å². The maximum absolute atomic E-state index is 13.3. The Morgan fingerprint density at radius 3 is 2.57 bits per heavy atom. The van der Waals surface area contributed by atoms with Crippen molar-refractivity contribution in [1.82, 2.24) is 0 Å². The summed E-state index contributed by atoms with van der Waals surface area (Å²) in [5, 5.41) is 9.81. The van der Waals surface area contributed by atoms with E-state index in [1.165, 1.54) is 12.1 Å². The molecule has 0 aromatic heterocycles. The van der Waals surface area contributed by atoms with Crippen molar-refractivity contribution in [3.8, 4) is 5.75 Å². The molecule has 5 nitrogen and oxygen atoms in total. The van der Waals surface area contributed by atoms with Gasteiger partial charge in [0.05, 0.1) is 19.3 Å². The molecule has 6 heteroatoms. The summed E-state index contributed by atoms with van der Waals surface area (Å²) in [5.41, 5.74) is 6.49. The van der Waals surface area contributed by atoms with Crippen molar-refractivity contribution in [3.05, 3.63) is 29.6 Å². The van der Waals surface area contributed by atoms with Gasteiger partial charge in [-0.1, -0.05) is 6.07 Å². The monoisotopic (exact) mass is 301 g/mol. The minimum Gasteiger partial charge on any atom is -0.490 e. The molecule has 21 heavy (non-hydrogen) atoms. The molecule has 0 saturated carbocycles. The van der Waals surface area contributed by atoms with Gasteiger partial charge >= 0.3 is 0 Å². The third kappa shape index (κ3) is 6.39. The molecule has 120 valence electrons. The molecule has 0 bridgehead atoms. The molecule has 0 fully saturated rings. The Morgan fingerprint density at radius 1 is 1.24 bits per heavy atom. The number of ether oxygens (including phenoxy) is 3. The molecule has 1 aromatic rings. The second-order valence-electron chi connectivity index (χ2n) is 5.03. The van der Waals surface area contributed by atoms with Crippen LogP contribution in [0, 0.1) is 5.82 Å². The van der Waals surface area contributed by atoms with E-state index in [0.717, 1.165) is 0 Å². The molecule has 1 aromatic carbocycles. The van der Waals surface area contributed by atoms with E-state index in [0.29, 0.717) is 17.9 Å². The molecular weight excluding hydrogens is 277 g/mol. The predicted molar refractivity (Wildman–Crippen MR) is 77.8 cm³/mol. The van der Waals surface area contributed by atoms with Gasteiger partial charge in [-0.15, -0.1) is 0 Å². The molecular formula is C15H24FNO4. The van der Waals surface area contributed by atoms with E-state index in [-0.39, 0.29) is 25.4 Å². The molecule has 0 saturated heterocycles. The smallest absolute Gasteiger partial charge is 0.127 e. The Balaban J connectivity index is 2.49. The highest BCUT2D eigenvalue weighted by Gasteiger charge is 2.13. The number of aliphatic hydroxyl groups excluding tert-OH is 1. The van der Waals surface area contributed by atoms with E-state index in [1.807, 2.05) is 6.92 Å². The summed E-state index contributed by atoms with van der Waals surface area (Å²) >= 11 is 0. The number of hydrogen-bond donors (Lipinski definition) is 2. The number of hydrogen-bond acceptors (Lipinski definition) is 5. The van der Waals surface area contributed by atoms with Gasteiger partial charge in [0.15, 0.2) is 0 Å². The van der Waals surface area contributed by atoms with E-state index < -0.39 is 11.9 Å². The predicted octanol–water partition coefficient (Wildman–Crippen LogP) is 1.64. The van der Waals surface area contributed by atoms with Crippen molar-refractivity contribution in [3.63, 3.8) is 0 Å². The first-order valence-electron chi connectivity index (χ1n) is 6.90. The largest absolute Gasteiger partial charge is 0.490 e. The maximum Gasteiger partial charge on any atom is 0.127 e. The highest BCUT2D eigenvalue weighted by atomic mass is 19.1. The summed E-state index contributed by atoms with van der Waals surface area (Å²) in [6.45, 7) is 4.20. The van der Waals surface area contributed by atoms with Gasteiger partial charge in [-0.2, -0.15) is 0 Å². The summed E-state index contributed by atoms with van der Waals surface area (Å²) in [5.74, 6) is -0.0668. The van der Waals surface area contributed by atoms with Crippen LogP contribution in [-0.4, -0.2) is 44.2 Å². The first-order chi connectivity index (χ1) is 9.93. The molecule has 3 N–H and O–H groups in total. The highest BCUT2D eigenvalue weighted by Crippen LogP contribution is 2.24. The van der Waals surface area contributed by atoms with E-state index >= 15 is 0 Å². The van der Waals surface area contributed by atoms with Gasteiger partial charge in [0.25, 0.3) is 0 Å². The fraction of sp³-hybridized carbons (Fsp3) is 0.600. The van der Waals surface area contributed by atoms with Crippen LogP contribution < -0.4 is 10.5 Å². The van der Waals surface area contributed by atoms with Gasteiger partial charge in [0, 0.05) is 24.8 Å². The number of rotatable bonds is 9. The van der Waals surface area contributed by atoms with E-state index in [4.69, 9.17) is 19.9 Å². The fourth-order valence-corrected chi connectivity index (χ4v) is 1.80. The number of nitrogens with two attached hydrogens (primary N) is 1. The number of methoxy groups -OCH3 is 1. The first kappa shape index (κ1) is 17.8. The number of halogens is 1. The van der Waals surface area contributed by atoms with Crippen LogP contribution in [0.3, 0.4) is 0 Å². The van der Waals surface area contributed by atoms with Crippen LogP contribution >= 0.6 is 0 Å². The molecule has 0 spiro atoms. The SMILES string of the molecule is COCC(C)OCC(O)COc1cc(F)ccc1[C@H](C)N. The third-order valence-electron chi connectivity index (χ3n) is 2.87. The lowest BCUT2D eigenvalue weighted by Crippen LogP contribution is -2.27. The van der Waals surface area contributed by atoms with Gasteiger partial charge < -0.3 is 25.1 Å². The zero-order valence-electron chi connectivity index (χ0n) is 12.7. The minimum absolute atomic E-state index is 0.00285. The Morgan fingerprint density at radius 2 is 1.95 bits per heavy atom. The fourth-order valence-electron chi connectivity index (χ4n) is 1.80. The van der Waals surface area contributed by atoms with Crippen LogP contribution in [0.2, 0.25) is 0 Å². The number of aliphatic hydroxyl groups is 1. The lowest BCUT2D eigenvalue weighted by molar-refractivity contribution is -0.0424. The topological polar surface area (TPSA) is 73.9 Å². The molecule has 0 amide bonds. The molecule has 0 heterocycles. The second-order valence-corrected chi connectivity index (χ2v) is 5.03. The van der Waals surface area contributed by atoms with Crippen molar-refractivity contribution in [2.45, 2.75) is 32.1 Å². The average Bonchev–Trinajstić information content (AvgIpc) is 2.43. The van der Waals surface area contributed by atoms with E-state index in [2.05, 4.69) is 0 Å². The lowest BCUT2D eigenvalue weighted by Gasteiger charge is -2.18. The first-order valence-corrected chi connectivity index (χ1v) is 6.90. The van der Waals surface area contributed by atoms with Crippen molar-refractivity contribution in [1.29, 1.82) is 0 Å². The van der Waals surface area contributed by atoms with Gasteiger partial charge in [-0.25, -0.2) is 4.39 Å². The van der Waals surface area contributed by atoms with Crippen LogP contribution in [0.15, 0.2) is 18.2 Å². The van der Waals surface area contributed by atoms with Crippen LogP contribution in [0.1, 0.15) is 25.5 Å². The standard InChI is InChI=1S/C15H24FNO4/c1-10(7-19-3)20-8-13(18)9-21-15-6-12(16)4-5-14(15)11(2)17/h4-6,10-11,13,18H,7-9,17H2,1-3H3/t10?,11-,13?/m0/s1. The molecule has 0 aliphatic heterocycles. The molecule has 1 rings (SSSR count). The van der Waals surface area contributed by atoms with Gasteiger partial charge in [0.2, 0.25) is 0 Å². The molecule has 0 aliphatic rings. The normalized spacial score (nSPS) is 15.5. The number of benzene rings is 1. The average molecular weight is 301 g/mol. The zero-order valence-corrected chi connectivity index (χ0v) is 12.7. The van der Waals surface area contributed by atoms with Gasteiger partial charge in [0.1, 0.15) is 24.3 Å². The molecule has 0 aliphatic carbocycles.